The molecule has 2 heterocycles. The van der Waals surface area contributed by atoms with E-state index in [4.69, 9.17) is 4.74 Å². The van der Waals surface area contributed by atoms with Crippen LogP contribution in [0.15, 0.2) is 60.9 Å². The van der Waals surface area contributed by atoms with Crippen LogP contribution in [0, 0.1) is 0 Å². The summed E-state index contributed by atoms with van der Waals surface area (Å²) in [6, 6.07) is 15.7. The van der Waals surface area contributed by atoms with Gasteiger partial charge in [0.1, 0.15) is 23.9 Å². The highest BCUT2D eigenvalue weighted by Crippen LogP contribution is 2.25. The van der Waals surface area contributed by atoms with E-state index in [0.717, 1.165) is 5.75 Å². The largest absolute Gasteiger partial charge is 0.457 e. The topological polar surface area (TPSA) is 98.1 Å². The van der Waals surface area contributed by atoms with Crippen molar-refractivity contribution >= 4 is 23.5 Å². The third kappa shape index (κ3) is 3.25. The molecular formula is C18H15N5O3. The molecule has 4 rings (SSSR count). The zero-order valence-electron chi connectivity index (χ0n) is 13.6. The quantitative estimate of drug-likeness (QED) is 0.738. The molecule has 1 aromatic heterocycles. The van der Waals surface area contributed by atoms with Gasteiger partial charge in [-0.15, -0.1) is 0 Å². The van der Waals surface area contributed by atoms with E-state index in [-0.39, 0.29) is 18.2 Å². The van der Waals surface area contributed by atoms with E-state index < -0.39 is 6.04 Å². The van der Waals surface area contributed by atoms with Gasteiger partial charge in [-0.25, -0.2) is 4.68 Å². The normalized spacial score (nSPS) is 15.2. The second-order valence-electron chi connectivity index (χ2n) is 5.73. The standard InChI is InChI=1S/C18H15N5O3/c24-16(10-15-17(25)22-18-19-11-20-23(15)18)21-12-6-8-14(9-7-12)26-13-4-2-1-3-5-13/h1-9,11,15H,10H2,(H,21,24)(H,19,20,22,25)/t15-/m0/s1. The van der Waals surface area contributed by atoms with Gasteiger partial charge >= 0.3 is 0 Å². The number of benzene rings is 2. The molecule has 2 amide bonds. The molecule has 0 radical (unpaired) electrons. The number of carbonyl (C=O) groups is 2. The van der Waals surface area contributed by atoms with E-state index >= 15 is 0 Å². The number of amides is 2. The summed E-state index contributed by atoms with van der Waals surface area (Å²) in [5.74, 6) is 1.18. The molecule has 8 nitrogen and oxygen atoms in total. The minimum atomic E-state index is -0.687. The van der Waals surface area contributed by atoms with Gasteiger partial charge in [-0.2, -0.15) is 10.1 Å². The maximum atomic E-state index is 12.2. The summed E-state index contributed by atoms with van der Waals surface area (Å²) in [4.78, 5) is 28.0. The predicted molar refractivity (Wildman–Crippen MR) is 93.9 cm³/mol. The molecule has 1 aliphatic heterocycles. The van der Waals surface area contributed by atoms with Gasteiger partial charge in [-0.3, -0.25) is 14.9 Å². The lowest BCUT2D eigenvalue weighted by atomic mass is 10.2. The highest BCUT2D eigenvalue weighted by atomic mass is 16.5. The molecule has 0 aliphatic carbocycles. The molecular weight excluding hydrogens is 334 g/mol. The molecule has 130 valence electrons. The smallest absolute Gasteiger partial charge is 0.252 e. The Morgan fingerprint density at radius 3 is 2.62 bits per heavy atom. The summed E-state index contributed by atoms with van der Waals surface area (Å²) in [6.45, 7) is 0. The first kappa shape index (κ1) is 15.8. The molecule has 2 aromatic carbocycles. The summed E-state index contributed by atoms with van der Waals surface area (Å²) in [6.07, 6.45) is 1.32. The Kier molecular flexibility index (Phi) is 4.06. The van der Waals surface area contributed by atoms with Gasteiger partial charge in [0.2, 0.25) is 11.9 Å². The molecule has 8 heteroatoms. The summed E-state index contributed by atoms with van der Waals surface area (Å²) >= 11 is 0. The number of para-hydroxylation sites is 1. The Balaban J connectivity index is 1.37. The van der Waals surface area contributed by atoms with Crippen molar-refractivity contribution in [3.05, 3.63) is 60.9 Å². The van der Waals surface area contributed by atoms with Crippen LogP contribution in [-0.2, 0) is 9.59 Å². The molecule has 3 aromatic rings. The number of aromatic nitrogens is 3. The van der Waals surface area contributed by atoms with Crippen LogP contribution in [-0.4, -0.2) is 26.6 Å². The summed E-state index contributed by atoms with van der Waals surface area (Å²) in [5.41, 5.74) is 0.618. The van der Waals surface area contributed by atoms with Crippen LogP contribution in [0.5, 0.6) is 11.5 Å². The molecule has 0 saturated carbocycles. The molecule has 26 heavy (non-hydrogen) atoms. The number of hydrogen-bond acceptors (Lipinski definition) is 5. The lowest BCUT2D eigenvalue weighted by Crippen LogP contribution is -2.23. The average Bonchev–Trinajstić information content (AvgIpc) is 3.20. The molecule has 1 aliphatic rings. The molecule has 2 N–H and O–H groups in total. The molecule has 0 saturated heterocycles. The SMILES string of the molecule is O=C(C[C@H]1C(=O)Nc2ncnn21)Nc1ccc(Oc2ccccc2)cc1. The van der Waals surface area contributed by atoms with Crippen LogP contribution >= 0.6 is 0 Å². The number of nitrogens with zero attached hydrogens (tertiary/aromatic N) is 3. The van der Waals surface area contributed by atoms with Gasteiger partial charge < -0.3 is 10.1 Å². The minimum Gasteiger partial charge on any atom is -0.457 e. The summed E-state index contributed by atoms with van der Waals surface area (Å²) in [5, 5.41) is 9.31. The van der Waals surface area contributed by atoms with E-state index in [0.29, 0.717) is 17.4 Å². The molecule has 0 fully saturated rings. The predicted octanol–water partition coefficient (Wildman–Crippen LogP) is 2.59. The number of carbonyl (C=O) groups excluding carboxylic acids is 2. The fourth-order valence-corrected chi connectivity index (χ4v) is 2.67. The van der Waals surface area contributed by atoms with Crippen molar-refractivity contribution in [2.75, 3.05) is 10.6 Å². The highest BCUT2D eigenvalue weighted by molar-refractivity contribution is 6.00. The second-order valence-corrected chi connectivity index (χ2v) is 5.73. The molecule has 1 atom stereocenters. The number of rotatable bonds is 5. The Bertz CT molecular complexity index is 937. The molecule has 0 unspecified atom stereocenters. The van der Waals surface area contributed by atoms with Gasteiger partial charge in [0, 0.05) is 5.69 Å². The van der Waals surface area contributed by atoms with E-state index in [2.05, 4.69) is 20.7 Å². The second kappa shape index (κ2) is 6.67. The zero-order chi connectivity index (χ0) is 17.9. The summed E-state index contributed by atoms with van der Waals surface area (Å²) < 4.78 is 7.12. The van der Waals surface area contributed by atoms with Crippen molar-refractivity contribution in [3.8, 4) is 11.5 Å². The Morgan fingerprint density at radius 2 is 1.85 bits per heavy atom. The van der Waals surface area contributed by atoms with Crippen molar-refractivity contribution in [3.63, 3.8) is 0 Å². The first-order chi connectivity index (χ1) is 12.7. The third-order valence-corrected chi connectivity index (χ3v) is 3.90. The third-order valence-electron chi connectivity index (χ3n) is 3.90. The zero-order valence-corrected chi connectivity index (χ0v) is 13.6. The minimum absolute atomic E-state index is 0.0234. The molecule has 0 spiro atoms. The van der Waals surface area contributed by atoms with E-state index in [1.165, 1.54) is 11.0 Å². The number of hydrogen-bond donors (Lipinski definition) is 2. The highest BCUT2D eigenvalue weighted by Gasteiger charge is 2.33. The first-order valence-electron chi connectivity index (χ1n) is 8.02. The van der Waals surface area contributed by atoms with Crippen LogP contribution < -0.4 is 15.4 Å². The van der Waals surface area contributed by atoms with Crippen LogP contribution in [0.1, 0.15) is 12.5 Å². The van der Waals surface area contributed by atoms with E-state index in [1.807, 2.05) is 30.3 Å². The number of anilines is 2. The van der Waals surface area contributed by atoms with Crippen molar-refractivity contribution in [1.82, 2.24) is 14.8 Å². The first-order valence-corrected chi connectivity index (χ1v) is 8.02. The maximum Gasteiger partial charge on any atom is 0.252 e. The molecule has 0 bridgehead atoms. The van der Waals surface area contributed by atoms with Crippen LogP contribution in [0.2, 0.25) is 0 Å². The van der Waals surface area contributed by atoms with Crippen molar-refractivity contribution in [2.45, 2.75) is 12.5 Å². The Morgan fingerprint density at radius 1 is 1.12 bits per heavy atom. The maximum absolute atomic E-state index is 12.2. The van der Waals surface area contributed by atoms with Crippen molar-refractivity contribution in [1.29, 1.82) is 0 Å². The van der Waals surface area contributed by atoms with E-state index in [9.17, 15) is 9.59 Å². The number of fused-ring (bicyclic) bond motifs is 1. The van der Waals surface area contributed by atoms with Gasteiger partial charge in [0.05, 0.1) is 6.42 Å². The number of nitrogens with one attached hydrogen (secondary N) is 2. The van der Waals surface area contributed by atoms with Gasteiger partial charge in [-0.05, 0) is 36.4 Å². The van der Waals surface area contributed by atoms with Crippen LogP contribution in [0.4, 0.5) is 11.6 Å². The lowest BCUT2D eigenvalue weighted by molar-refractivity contribution is -0.123. The lowest BCUT2D eigenvalue weighted by Gasteiger charge is -2.10. The fourth-order valence-electron chi connectivity index (χ4n) is 2.67. The average molecular weight is 349 g/mol. The number of ether oxygens (including phenoxy) is 1. The Labute approximate surface area is 148 Å². The monoisotopic (exact) mass is 349 g/mol. The fraction of sp³-hybridized carbons (Fsp3) is 0.111. The van der Waals surface area contributed by atoms with Gasteiger partial charge in [0.25, 0.3) is 5.91 Å². The van der Waals surface area contributed by atoms with E-state index in [1.54, 1.807) is 24.3 Å². The summed E-state index contributed by atoms with van der Waals surface area (Å²) in [7, 11) is 0. The van der Waals surface area contributed by atoms with Crippen molar-refractivity contribution < 1.29 is 14.3 Å². The van der Waals surface area contributed by atoms with Crippen LogP contribution in [0.25, 0.3) is 0 Å². The van der Waals surface area contributed by atoms with Crippen LogP contribution in [0.3, 0.4) is 0 Å². The Hall–Kier alpha value is -3.68. The van der Waals surface area contributed by atoms with Crippen molar-refractivity contribution in [2.24, 2.45) is 0 Å². The van der Waals surface area contributed by atoms with Gasteiger partial charge in [0.15, 0.2) is 0 Å². The van der Waals surface area contributed by atoms with Gasteiger partial charge in [-0.1, -0.05) is 18.2 Å².